The normalized spacial score (nSPS) is 11.2. The second-order valence-corrected chi connectivity index (χ2v) is 4.88. The van der Waals surface area contributed by atoms with Crippen molar-refractivity contribution in [1.29, 1.82) is 0 Å². The van der Waals surface area contributed by atoms with Gasteiger partial charge >= 0.3 is 12.1 Å². The summed E-state index contributed by atoms with van der Waals surface area (Å²) in [6, 6.07) is 7.78. The number of benzene rings is 1. The van der Waals surface area contributed by atoms with Crippen molar-refractivity contribution < 1.29 is 29.0 Å². The number of hydrogen-bond acceptors (Lipinski definition) is 5. The van der Waals surface area contributed by atoms with Gasteiger partial charge in [0.2, 0.25) is 11.8 Å². The summed E-state index contributed by atoms with van der Waals surface area (Å²) in [7, 11) is 0. The molecule has 0 aliphatic heterocycles. The predicted molar refractivity (Wildman–Crippen MR) is 82.6 cm³/mol. The minimum Gasteiger partial charge on any atom is -0.480 e. The highest BCUT2D eigenvalue weighted by Crippen LogP contribution is 2.02. The lowest BCUT2D eigenvalue weighted by molar-refractivity contribution is -0.138. The number of nitrogens with one attached hydrogen (secondary N) is 2. The fourth-order valence-electron chi connectivity index (χ4n) is 1.75. The number of primary amides is 1. The molecule has 0 fully saturated rings. The van der Waals surface area contributed by atoms with Gasteiger partial charge in [0.05, 0.1) is 0 Å². The first-order valence-corrected chi connectivity index (χ1v) is 7.13. The highest BCUT2D eigenvalue weighted by Gasteiger charge is 2.22. The fourth-order valence-corrected chi connectivity index (χ4v) is 1.75. The Kier molecular flexibility index (Phi) is 7.76. The fraction of sp³-hybridized carbons (Fsp3) is 0.333. The molecule has 0 saturated carbocycles. The SMILES string of the molecule is NC(=O)CCC(NC(=O)OCc1ccccc1)C(=O)NCC(=O)O. The van der Waals surface area contributed by atoms with Gasteiger partial charge in [-0.05, 0) is 12.0 Å². The zero-order valence-electron chi connectivity index (χ0n) is 12.9. The molecule has 3 amide bonds. The van der Waals surface area contributed by atoms with Crippen LogP contribution in [0.5, 0.6) is 0 Å². The number of nitrogens with two attached hydrogens (primary N) is 1. The summed E-state index contributed by atoms with van der Waals surface area (Å²) in [6.07, 6.45) is -1.08. The Hall–Kier alpha value is -3.10. The Morgan fingerprint density at radius 2 is 1.83 bits per heavy atom. The Labute approximate surface area is 138 Å². The van der Waals surface area contributed by atoms with E-state index in [0.717, 1.165) is 5.56 Å². The Morgan fingerprint density at radius 3 is 2.42 bits per heavy atom. The summed E-state index contributed by atoms with van der Waals surface area (Å²) in [5.74, 6) is -2.62. The van der Waals surface area contributed by atoms with E-state index in [1.54, 1.807) is 24.3 Å². The summed E-state index contributed by atoms with van der Waals surface area (Å²) in [4.78, 5) is 45.0. The number of rotatable bonds is 9. The minimum atomic E-state index is -1.23. The maximum atomic E-state index is 11.9. The van der Waals surface area contributed by atoms with Gasteiger partial charge in [-0.2, -0.15) is 0 Å². The molecule has 1 rings (SSSR count). The molecule has 24 heavy (non-hydrogen) atoms. The van der Waals surface area contributed by atoms with Crippen LogP contribution in [-0.4, -0.2) is 41.6 Å². The lowest BCUT2D eigenvalue weighted by atomic mass is 10.1. The summed E-state index contributed by atoms with van der Waals surface area (Å²) < 4.78 is 4.98. The van der Waals surface area contributed by atoms with Crippen molar-refractivity contribution in [2.75, 3.05) is 6.54 Å². The third-order valence-electron chi connectivity index (χ3n) is 2.91. The number of aliphatic carboxylic acids is 1. The molecule has 130 valence electrons. The van der Waals surface area contributed by atoms with E-state index < -0.39 is 36.5 Å². The molecule has 9 nitrogen and oxygen atoms in total. The van der Waals surface area contributed by atoms with Crippen molar-refractivity contribution >= 4 is 23.9 Å². The van der Waals surface area contributed by atoms with Gasteiger partial charge in [-0.1, -0.05) is 30.3 Å². The molecular formula is C15H19N3O6. The minimum absolute atomic E-state index is 0.00591. The maximum absolute atomic E-state index is 11.9. The molecule has 5 N–H and O–H groups in total. The smallest absolute Gasteiger partial charge is 0.408 e. The van der Waals surface area contributed by atoms with Gasteiger partial charge in [0.25, 0.3) is 0 Å². The van der Waals surface area contributed by atoms with Crippen molar-refractivity contribution in [3.8, 4) is 0 Å². The number of carbonyl (C=O) groups excluding carboxylic acids is 3. The summed E-state index contributed by atoms with van der Waals surface area (Å²) in [6.45, 7) is -0.599. The van der Waals surface area contributed by atoms with E-state index in [-0.39, 0.29) is 19.4 Å². The van der Waals surface area contributed by atoms with Crippen LogP contribution >= 0.6 is 0 Å². The number of amides is 3. The van der Waals surface area contributed by atoms with E-state index in [9.17, 15) is 19.2 Å². The Balaban J connectivity index is 2.55. The molecule has 0 aliphatic rings. The molecule has 0 spiro atoms. The first-order chi connectivity index (χ1) is 11.4. The zero-order chi connectivity index (χ0) is 17.9. The largest absolute Gasteiger partial charge is 0.480 e. The Morgan fingerprint density at radius 1 is 1.17 bits per heavy atom. The van der Waals surface area contributed by atoms with E-state index >= 15 is 0 Å². The van der Waals surface area contributed by atoms with Crippen molar-refractivity contribution in [3.63, 3.8) is 0 Å². The van der Waals surface area contributed by atoms with Gasteiger partial charge in [-0.3, -0.25) is 14.4 Å². The molecule has 1 unspecified atom stereocenters. The molecule has 0 saturated heterocycles. The molecule has 0 heterocycles. The van der Waals surface area contributed by atoms with Crippen molar-refractivity contribution in [3.05, 3.63) is 35.9 Å². The Bertz CT molecular complexity index is 590. The third-order valence-corrected chi connectivity index (χ3v) is 2.91. The van der Waals surface area contributed by atoms with E-state index in [4.69, 9.17) is 15.6 Å². The molecule has 1 aromatic rings. The van der Waals surface area contributed by atoms with E-state index in [2.05, 4.69) is 10.6 Å². The van der Waals surface area contributed by atoms with E-state index in [1.807, 2.05) is 6.07 Å². The average Bonchev–Trinajstić information content (AvgIpc) is 2.55. The van der Waals surface area contributed by atoms with Crippen LogP contribution in [0.2, 0.25) is 0 Å². The highest BCUT2D eigenvalue weighted by atomic mass is 16.5. The quantitative estimate of drug-likeness (QED) is 0.488. The van der Waals surface area contributed by atoms with Crippen LogP contribution in [0.1, 0.15) is 18.4 Å². The van der Waals surface area contributed by atoms with Crippen molar-refractivity contribution in [2.24, 2.45) is 5.73 Å². The number of carboxylic acids is 1. The van der Waals surface area contributed by atoms with Crippen LogP contribution in [0.25, 0.3) is 0 Å². The van der Waals surface area contributed by atoms with E-state index in [1.165, 1.54) is 0 Å². The number of carbonyl (C=O) groups is 4. The van der Waals surface area contributed by atoms with Crippen LogP contribution in [-0.2, 0) is 25.7 Å². The number of hydrogen-bond donors (Lipinski definition) is 4. The molecule has 1 atom stereocenters. The number of carboxylic acid groups (broad SMARTS) is 1. The highest BCUT2D eigenvalue weighted by molar-refractivity contribution is 5.88. The zero-order valence-corrected chi connectivity index (χ0v) is 12.9. The van der Waals surface area contributed by atoms with Gasteiger partial charge in [0, 0.05) is 6.42 Å². The van der Waals surface area contributed by atoms with Crippen LogP contribution in [0, 0.1) is 0 Å². The second-order valence-electron chi connectivity index (χ2n) is 4.88. The number of ether oxygens (including phenoxy) is 1. The lowest BCUT2D eigenvalue weighted by Crippen LogP contribution is -2.48. The van der Waals surface area contributed by atoms with Gasteiger partial charge in [0.15, 0.2) is 0 Å². The van der Waals surface area contributed by atoms with Crippen LogP contribution in [0.3, 0.4) is 0 Å². The number of alkyl carbamates (subject to hydrolysis) is 1. The first kappa shape index (κ1) is 18.9. The molecule has 9 heteroatoms. The van der Waals surface area contributed by atoms with Gasteiger partial charge in [0.1, 0.15) is 19.2 Å². The van der Waals surface area contributed by atoms with Crippen molar-refractivity contribution in [2.45, 2.75) is 25.5 Å². The topological polar surface area (TPSA) is 148 Å². The molecule has 0 radical (unpaired) electrons. The molecular weight excluding hydrogens is 318 g/mol. The van der Waals surface area contributed by atoms with Gasteiger partial charge < -0.3 is 26.2 Å². The molecule has 0 bridgehead atoms. The first-order valence-electron chi connectivity index (χ1n) is 7.13. The molecule has 0 aliphatic carbocycles. The monoisotopic (exact) mass is 337 g/mol. The third kappa shape index (κ3) is 7.78. The van der Waals surface area contributed by atoms with Crippen LogP contribution in [0.15, 0.2) is 30.3 Å². The molecule has 0 aromatic heterocycles. The lowest BCUT2D eigenvalue weighted by Gasteiger charge is -2.17. The standard InChI is InChI=1S/C15H19N3O6/c16-12(19)7-6-11(14(22)17-8-13(20)21)18-15(23)24-9-10-4-2-1-3-5-10/h1-5,11H,6-9H2,(H2,16,19)(H,17,22)(H,18,23)(H,20,21). The van der Waals surface area contributed by atoms with Gasteiger partial charge in [-0.15, -0.1) is 0 Å². The summed E-state index contributed by atoms with van der Waals surface area (Å²) >= 11 is 0. The maximum Gasteiger partial charge on any atom is 0.408 e. The molecule has 1 aromatic carbocycles. The summed E-state index contributed by atoms with van der Waals surface area (Å²) in [5, 5.41) is 13.0. The van der Waals surface area contributed by atoms with Crippen LogP contribution < -0.4 is 16.4 Å². The van der Waals surface area contributed by atoms with Crippen LogP contribution in [0.4, 0.5) is 4.79 Å². The average molecular weight is 337 g/mol. The van der Waals surface area contributed by atoms with E-state index in [0.29, 0.717) is 0 Å². The van der Waals surface area contributed by atoms with Crippen molar-refractivity contribution in [1.82, 2.24) is 10.6 Å². The van der Waals surface area contributed by atoms with Gasteiger partial charge in [-0.25, -0.2) is 4.79 Å². The second kappa shape index (κ2) is 9.82. The summed E-state index contributed by atoms with van der Waals surface area (Å²) in [5.41, 5.74) is 5.78. The predicted octanol–water partition coefficient (Wildman–Crippen LogP) is -0.252.